The summed E-state index contributed by atoms with van der Waals surface area (Å²) in [6.07, 6.45) is -0.653. The van der Waals surface area contributed by atoms with Crippen molar-refractivity contribution < 1.29 is 22.7 Å². The first-order valence-electron chi connectivity index (χ1n) is 6.18. The molecule has 0 bridgehead atoms. The van der Waals surface area contributed by atoms with Crippen LogP contribution in [0.2, 0.25) is 0 Å². The molecule has 0 aliphatic carbocycles. The molecule has 0 radical (unpaired) electrons. The molecule has 1 aliphatic rings. The zero-order valence-electron chi connectivity index (χ0n) is 11.3. The van der Waals surface area contributed by atoms with E-state index >= 15 is 0 Å². The van der Waals surface area contributed by atoms with E-state index in [1.165, 1.54) is 6.92 Å². The third kappa shape index (κ3) is 3.63. The van der Waals surface area contributed by atoms with E-state index in [1.807, 2.05) is 0 Å². The lowest BCUT2D eigenvalue weighted by atomic mass is 10.2. The summed E-state index contributed by atoms with van der Waals surface area (Å²) < 4.78 is 33.5. The second-order valence-electron chi connectivity index (χ2n) is 4.70. The van der Waals surface area contributed by atoms with Crippen molar-refractivity contribution in [2.24, 2.45) is 0 Å². The Morgan fingerprint density at radius 3 is 2.45 bits per heavy atom. The minimum atomic E-state index is -3.19. The molecule has 1 aromatic rings. The van der Waals surface area contributed by atoms with Crippen molar-refractivity contribution in [2.45, 2.75) is 19.1 Å². The number of esters is 1. The number of sulfone groups is 1. The molecule has 2 atom stereocenters. The molecule has 6 nitrogen and oxygen atoms in total. The monoisotopic (exact) mass is 299 g/mol. The third-order valence-electron chi connectivity index (χ3n) is 3.06. The number of benzene rings is 1. The highest BCUT2D eigenvalue weighted by Gasteiger charge is 2.39. The number of anilines is 1. The number of hydrogen-bond acceptors (Lipinski definition) is 6. The quantitative estimate of drug-likeness (QED) is 0.830. The molecule has 7 heteroatoms. The Morgan fingerprint density at radius 1 is 1.25 bits per heavy atom. The number of hydrogen-bond donors (Lipinski definition) is 1. The molecule has 1 heterocycles. The van der Waals surface area contributed by atoms with Gasteiger partial charge in [0.1, 0.15) is 11.9 Å². The fourth-order valence-corrected chi connectivity index (χ4v) is 3.96. The van der Waals surface area contributed by atoms with Gasteiger partial charge in [-0.1, -0.05) is 0 Å². The normalized spacial score (nSPS) is 24.1. The minimum absolute atomic E-state index is 0.0447. The maximum absolute atomic E-state index is 11.7. The van der Waals surface area contributed by atoms with Crippen LogP contribution in [0.3, 0.4) is 0 Å². The fourth-order valence-electron chi connectivity index (χ4n) is 2.18. The summed E-state index contributed by atoms with van der Waals surface area (Å²) in [5.74, 6) is 0.0527. The van der Waals surface area contributed by atoms with Crippen LogP contribution >= 0.6 is 0 Å². The molecule has 1 saturated heterocycles. The third-order valence-corrected chi connectivity index (χ3v) is 4.76. The number of carbonyl (C=O) groups is 1. The molecule has 2 unspecified atom stereocenters. The smallest absolute Gasteiger partial charge is 0.303 e. The molecule has 0 saturated carbocycles. The van der Waals surface area contributed by atoms with E-state index in [4.69, 9.17) is 9.47 Å². The SMILES string of the molecule is COc1ccc(NC2CS(=O)(=O)CC2OC(C)=O)cc1. The van der Waals surface area contributed by atoms with Crippen LogP contribution in [0, 0.1) is 0 Å². The predicted molar refractivity (Wildman–Crippen MR) is 74.6 cm³/mol. The summed E-state index contributed by atoms with van der Waals surface area (Å²) in [4.78, 5) is 11.0. The number of methoxy groups -OCH3 is 1. The summed E-state index contributed by atoms with van der Waals surface area (Å²) in [6, 6.07) is 6.68. The van der Waals surface area contributed by atoms with E-state index in [0.717, 1.165) is 5.69 Å². The van der Waals surface area contributed by atoms with E-state index in [-0.39, 0.29) is 11.5 Å². The van der Waals surface area contributed by atoms with Gasteiger partial charge >= 0.3 is 5.97 Å². The van der Waals surface area contributed by atoms with Crippen molar-refractivity contribution in [3.63, 3.8) is 0 Å². The Morgan fingerprint density at radius 2 is 1.90 bits per heavy atom. The van der Waals surface area contributed by atoms with Gasteiger partial charge < -0.3 is 14.8 Å². The standard InChI is InChI=1S/C13H17NO5S/c1-9(15)19-13-8-20(16,17)7-12(13)14-10-3-5-11(18-2)6-4-10/h3-6,12-14H,7-8H2,1-2H3. The molecular weight excluding hydrogens is 282 g/mol. The van der Waals surface area contributed by atoms with Crippen molar-refractivity contribution in [1.29, 1.82) is 0 Å². The molecule has 0 spiro atoms. The summed E-state index contributed by atoms with van der Waals surface area (Å²) in [5.41, 5.74) is 0.755. The number of ether oxygens (including phenoxy) is 2. The first-order chi connectivity index (χ1) is 9.39. The van der Waals surface area contributed by atoms with Crippen LogP contribution in [-0.4, -0.2) is 45.1 Å². The zero-order valence-corrected chi connectivity index (χ0v) is 12.1. The molecule has 110 valence electrons. The van der Waals surface area contributed by atoms with Gasteiger partial charge in [0.2, 0.25) is 0 Å². The van der Waals surface area contributed by atoms with E-state index in [2.05, 4.69) is 5.32 Å². The van der Waals surface area contributed by atoms with E-state index in [1.54, 1.807) is 31.4 Å². The highest BCUT2D eigenvalue weighted by Crippen LogP contribution is 2.22. The summed E-state index contributed by atoms with van der Waals surface area (Å²) >= 11 is 0. The fraction of sp³-hybridized carbons (Fsp3) is 0.462. The molecule has 0 aromatic heterocycles. The van der Waals surface area contributed by atoms with Gasteiger partial charge in [0, 0.05) is 12.6 Å². The summed E-state index contributed by atoms with van der Waals surface area (Å²) in [5, 5.41) is 3.09. The average molecular weight is 299 g/mol. The van der Waals surface area contributed by atoms with Gasteiger partial charge in [0.15, 0.2) is 9.84 Å². The Kier molecular flexibility index (Phi) is 4.17. The van der Waals surface area contributed by atoms with E-state index in [0.29, 0.717) is 5.75 Å². The minimum Gasteiger partial charge on any atom is -0.497 e. The molecule has 1 fully saturated rings. The summed E-state index contributed by atoms with van der Waals surface area (Å²) in [7, 11) is -1.62. The zero-order chi connectivity index (χ0) is 14.8. The van der Waals surface area contributed by atoms with Crippen molar-refractivity contribution >= 4 is 21.5 Å². The number of rotatable bonds is 4. The lowest BCUT2D eigenvalue weighted by Crippen LogP contribution is -2.35. The van der Waals surface area contributed by atoms with Crippen LogP contribution in [0.25, 0.3) is 0 Å². The number of nitrogens with one attached hydrogen (secondary N) is 1. The first kappa shape index (κ1) is 14.6. The van der Waals surface area contributed by atoms with Crippen LogP contribution in [-0.2, 0) is 19.4 Å². The molecule has 1 aliphatic heterocycles. The highest BCUT2D eigenvalue weighted by molar-refractivity contribution is 7.91. The van der Waals surface area contributed by atoms with Gasteiger partial charge in [-0.3, -0.25) is 4.79 Å². The second kappa shape index (κ2) is 5.70. The predicted octanol–water partition coefficient (Wildman–Crippen LogP) is 0.836. The Bertz CT molecular complexity index is 581. The Labute approximate surface area is 118 Å². The van der Waals surface area contributed by atoms with Gasteiger partial charge in [0.05, 0.1) is 24.7 Å². The van der Waals surface area contributed by atoms with Gasteiger partial charge in [0.25, 0.3) is 0 Å². The van der Waals surface area contributed by atoms with Crippen molar-refractivity contribution in [3.05, 3.63) is 24.3 Å². The van der Waals surface area contributed by atoms with Crippen molar-refractivity contribution in [3.8, 4) is 5.75 Å². The highest BCUT2D eigenvalue weighted by atomic mass is 32.2. The maximum atomic E-state index is 11.7. The Balaban J connectivity index is 2.10. The topological polar surface area (TPSA) is 81.7 Å². The average Bonchev–Trinajstić information content (AvgIpc) is 2.64. The molecule has 0 amide bonds. The van der Waals surface area contributed by atoms with Gasteiger partial charge in [-0.15, -0.1) is 0 Å². The molecular formula is C13H17NO5S. The lowest BCUT2D eigenvalue weighted by Gasteiger charge is -2.20. The largest absolute Gasteiger partial charge is 0.497 e. The van der Waals surface area contributed by atoms with Crippen LogP contribution in [0.1, 0.15) is 6.92 Å². The van der Waals surface area contributed by atoms with Gasteiger partial charge in [-0.2, -0.15) is 0 Å². The van der Waals surface area contributed by atoms with E-state index < -0.39 is 28.0 Å². The van der Waals surface area contributed by atoms with E-state index in [9.17, 15) is 13.2 Å². The molecule has 2 rings (SSSR count). The number of carbonyl (C=O) groups excluding carboxylic acids is 1. The maximum Gasteiger partial charge on any atom is 0.303 e. The van der Waals surface area contributed by atoms with Crippen LogP contribution in [0.15, 0.2) is 24.3 Å². The molecule has 1 N–H and O–H groups in total. The van der Waals surface area contributed by atoms with Crippen molar-refractivity contribution in [2.75, 3.05) is 23.9 Å². The summed E-state index contributed by atoms with van der Waals surface area (Å²) in [6.45, 7) is 1.27. The molecule has 20 heavy (non-hydrogen) atoms. The first-order valence-corrected chi connectivity index (χ1v) is 8.00. The lowest BCUT2D eigenvalue weighted by molar-refractivity contribution is -0.145. The van der Waals surface area contributed by atoms with Gasteiger partial charge in [-0.05, 0) is 24.3 Å². The van der Waals surface area contributed by atoms with Crippen LogP contribution in [0.5, 0.6) is 5.75 Å². The van der Waals surface area contributed by atoms with Crippen LogP contribution < -0.4 is 10.1 Å². The van der Waals surface area contributed by atoms with Crippen molar-refractivity contribution in [1.82, 2.24) is 0 Å². The van der Waals surface area contributed by atoms with Gasteiger partial charge in [-0.25, -0.2) is 8.42 Å². The Hall–Kier alpha value is -1.76. The molecule has 1 aromatic carbocycles. The second-order valence-corrected chi connectivity index (χ2v) is 6.86. The van der Waals surface area contributed by atoms with Crippen LogP contribution in [0.4, 0.5) is 5.69 Å².